The lowest BCUT2D eigenvalue weighted by Gasteiger charge is -2.57. The average molecular weight is 395 g/mol. The number of carbonyl (C=O) groups is 2. The largest absolute Gasteiger partial charge is 0.497 e. The van der Waals surface area contributed by atoms with Gasteiger partial charge in [0.2, 0.25) is 0 Å². The highest BCUT2D eigenvalue weighted by Gasteiger charge is 2.53. The number of aliphatic carboxylic acids is 2. The number of ether oxygens (including phenoxy) is 1. The molecule has 2 unspecified atom stereocenters. The molecule has 1 aliphatic carbocycles. The maximum Gasteiger partial charge on any atom is 0.335 e. The summed E-state index contributed by atoms with van der Waals surface area (Å²) in [4.78, 5) is 19.5. The Balaban J connectivity index is 0.000000242. The Bertz CT molecular complexity index is 730. The second-order valence-corrected chi connectivity index (χ2v) is 8.10. The fourth-order valence-electron chi connectivity index (χ4n) is 4.16. The molecule has 0 aromatic heterocycles. The fourth-order valence-corrected chi connectivity index (χ4v) is 4.16. The summed E-state index contributed by atoms with van der Waals surface area (Å²) in [5, 5.41) is 36.2. The number of hydrogen-bond acceptors (Lipinski definition) is 6. The highest BCUT2D eigenvalue weighted by molar-refractivity contribution is 5.83. The average Bonchev–Trinajstić information content (AvgIpc) is 2.63. The summed E-state index contributed by atoms with van der Waals surface area (Å²) in [5.41, 5.74) is 3.59. The smallest absolute Gasteiger partial charge is 0.335 e. The zero-order valence-corrected chi connectivity index (χ0v) is 16.6. The molecule has 1 fully saturated rings. The lowest BCUT2D eigenvalue weighted by molar-refractivity contribution is -0.165. The second-order valence-electron chi connectivity index (χ2n) is 8.10. The quantitative estimate of drug-likeness (QED) is 0.504. The maximum absolute atomic E-state index is 9.77. The number of piperidine rings is 1. The Morgan fingerprint density at radius 1 is 1.14 bits per heavy atom. The van der Waals surface area contributed by atoms with E-state index in [9.17, 15) is 9.59 Å². The molecular formula is C20H29NO7. The second kappa shape index (κ2) is 8.06. The molecule has 156 valence electrons. The molecule has 1 aliphatic heterocycles. The van der Waals surface area contributed by atoms with Crippen LogP contribution in [0.3, 0.4) is 0 Å². The van der Waals surface area contributed by atoms with Crippen molar-refractivity contribution < 1.29 is 34.8 Å². The third-order valence-electron chi connectivity index (χ3n) is 6.45. The van der Waals surface area contributed by atoms with E-state index in [4.69, 9.17) is 25.2 Å². The molecule has 1 aromatic carbocycles. The van der Waals surface area contributed by atoms with Crippen LogP contribution in [0.1, 0.15) is 38.3 Å². The van der Waals surface area contributed by atoms with Gasteiger partial charge in [0.15, 0.2) is 12.2 Å². The van der Waals surface area contributed by atoms with Gasteiger partial charge in [0, 0.05) is 11.5 Å². The maximum atomic E-state index is 9.77. The van der Waals surface area contributed by atoms with Crippen LogP contribution in [-0.2, 0) is 21.4 Å². The first kappa shape index (κ1) is 22.1. The number of methoxy groups -OCH3 is 1. The minimum Gasteiger partial charge on any atom is -0.497 e. The summed E-state index contributed by atoms with van der Waals surface area (Å²) in [6.07, 6.45) is -2.19. The first-order chi connectivity index (χ1) is 13.0. The van der Waals surface area contributed by atoms with Crippen LogP contribution in [0.5, 0.6) is 5.75 Å². The van der Waals surface area contributed by atoms with Crippen molar-refractivity contribution in [3.8, 4) is 5.75 Å². The number of aliphatic hydroxyl groups is 2. The molecule has 2 bridgehead atoms. The van der Waals surface area contributed by atoms with Crippen LogP contribution in [0.15, 0.2) is 18.2 Å². The monoisotopic (exact) mass is 395 g/mol. The SMILES string of the molecule is COc1ccc2c(c1)C[C@H]1NCC[C@]2(C)C1(C)C.O=C(O)C(O)C(O)C(=O)O. The van der Waals surface area contributed by atoms with Gasteiger partial charge in [-0.05, 0) is 48.1 Å². The summed E-state index contributed by atoms with van der Waals surface area (Å²) in [5.74, 6) is -2.56. The third-order valence-corrected chi connectivity index (χ3v) is 6.45. The number of aliphatic hydroxyl groups excluding tert-OH is 2. The van der Waals surface area contributed by atoms with Crippen molar-refractivity contribution in [2.45, 2.75) is 57.3 Å². The van der Waals surface area contributed by atoms with Crippen LogP contribution >= 0.6 is 0 Å². The Kier molecular flexibility index (Phi) is 6.37. The van der Waals surface area contributed by atoms with Crippen molar-refractivity contribution in [3.05, 3.63) is 29.3 Å². The molecule has 2 aliphatic rings. The lowest BCUT2D eigenvalue weighted by atomic mass is 9.51. The van der Waals surface area contributed by atoms with Crippen molar-refractivity contribution in [2.24, 2.45) is 5.41 Å². The number of carboxylic acids is 2. The molecule has 1 aromatic rings. The number of nitrogens with one attached hydrogen (secondary N) is 1. The van der Waals surface area contributed by atoms with Gasteiger partial charge >= 0.3 is 11.9 Å². The minimum absolute atomic E-state index is 0.281. The minimum atomic E-state index is -2.27. The molecule has 8 nitrogen and oxygen atoms in total. The molecule has 1 saturated heterocycles. The zero-order valence-electron chi connectivity index (χ0n) is 16.6. The first-order valence-electron chi connectivity index (χ1n) is 9.18. The van der Waals surface area contributed by atoms with E-state index < -0.39 is 24.1 Å². The highest BCUT2D eigenvalue weighted by atomic mass is 16.5. The molecule has 28 heavy (non-hydrogen) atoms. The number of hydrogen-bond donors (Lipinski definition) is 5. The van der Waals surface area contributed by atoms with Crippen molar-refractivity contribution in [1.82, 2.24) is 5.32 Å². The normalized spacial score (nSPS) is 26.7. The summed E-state index contributed by atoms with van der Waals surface area (Å²) in [6.45, 7) is 8.40. The molecular weight excluding hydrogens is 366 g/mol. The Morgan fingerprint density at radius 3 is 2.21 bits per heavy atom. The number of rotatable bonds is 4. The highest BCUT2D eigenvalue weighted by Crippen LogP contribution is 2.53. The van der Waals surface area contributed by atoms with Gasteiger partial charge in [-0.1, -0.05) is 26.8 Å². The fraction of sp³-hybridized carbons (Fsp3) is 0.600. The predicted molar refractivity (Wildman–Crippen MR) is 102 cm³/mol. The van der Waals surface area contributed by atoms with Gasteiger partial charge in [-0.15, -0.1) is 0 Å². The van der Waals surface area contributed by atoms with Gasteiger partial charge in [0.25, 0.3) is 0 Å². The van der Waals surface area contributed by atoms with E-state index in [0.29, 0.717) is 11.5 Å². The molecule has 0 spiro atoms. The van der Waals surface area contributed by atoms with Gasteiger partial charge in [0.05, 0.1) is 7.11 Å². The molecule has 5 N–H and O–H groups in total. The molecule has 1 heterocycles. The Morgan fingerprint density at radius 2 is 1.71 bits per heavy atom. The number of carboxylic acid groups (broad SMARTS) is 2. The van der Waals surface area contributed by atoms with Crippen LogP contribution in [0.2, 0.25) is 0 Å². The van der Waals surface area contributed by atoms with Gasteiger partial charge in [-0.25, -0.2) is 9.59 Å². The van der Waals surface area contributed by atoms with E-state index >= 15 is 0 Å². The standard InChI is InChI=1S/C16H23NO.C4H6O6/c1-15(2)14-10-11-9-12(18-4)5-6-13(11)16(15,3)7-8-17-14;5-1(3(7)8)2(6)4(9)10/h5-6,9,14,17H,7-8,10H2,1-4H3;1-2,5-6H,(H,7,8)(H,9,10)/t14-,16+;/m1./s1. The third kappa shape index (κ3) is 3.85. The first-order valence-corrected chi connectivity index (χ1v) is 9.18. The van der Waals surface area contributed by atoms with Gasteiger partial charge < -0.3 is 30.5 Å². The van der Waals surface area contributed by atoms with Crippen LogP contribution in [0.25, 0.3) is 0 Å². The molecule has 0 amide bonds. The van der Waals surface area contributed by atoms with E-state index in [-0.39, 0.29) is 5.41 Å². The summed E-state index contributed by atoms with van der Waals surface area (Å²) in [7, 11) is 1.75. The van der Waals surface area contributed by atoms with Crippen molar-refractivity contribution in [2.75, 3.05) is 13.7 Å². The molecule has 3 rings (SSSR count). The Hall–Kier alpha value is -2.16. The summed E-state index contributed by atoms with van der Waals surface area (Å²) < 4.78 is 5.37. The van der Waals surface area contributed by atoms with Crippen LogP contribution < -0.4 is 10.1 Å². The number of benzene rings is 1. The molecule has 0 radical (unpaired) electrons. The van der Waals surface area contributed by atoms with E-state index in [1.807, 2.05) is 0 Å². The predicted octanol–water partition coefficient (Wildman–Crippen LogP) is 0.774. The van der Waals surface area contributed by atoms with E-state index in [2.05, 4.69) is 44.3 Å². The van der Waals surface area contributed by atoms with Crippen molar-refractivity contribution >= 4 is 11.9 Å². The van der Waals surface area contributed by atoms with Crippen LogP contribution in [0.4, 0.5) is 0 Å². The van der Waals surface area contributed by atoms with Gasteiger partial charge in [-0.3, -0.25) is 0 Å². The van der Waals surface area contributed by atoms with Crippen LogP contribution in [0, 0.1) is 5.41 Å². The topological polar surface area (TPSA) is 136 Å². The summed E-state index contributed by atoms with van der Waals surface area (Å²) in [6, 6.07) is 7.21. The van der Waals surface area contributed by atoms with E-state index in [1.54, 1.807) is 7.11 Å². The summed E-state index contributed by atoms with van der Waals surface area (Å²) >= 11 is 0. The van der Waals surface area contributed by atoms with Crippen molar-refractivity contribution in [3.63, 3.8) is 0 Å². The van der Waals surface area contributed by atoms with E-state index in [1.165, 1.54) is 17.5 Å². The molecule has 4 atom stereocenters. The van der Waals surface area contributed by atoms with Crippen molar-refractivity contribution in [1.29, 1.82) is 0 Å². The molecule has 0 saturated carbocycles. The van der Waals surface area contributed by atoms with E-state index in [0.717, 1.165) is 18.7 Å². The molecule has 8 heteroatoms. The number of fused-ring (bicyclic) bond motifs is 4. The van der Waals surface area contributed by atoms with Gasteiger partial charge in [-0.2, -0.15) is 0 Å². The van der Waals surface area contributed by atoms with Gasteiger partial charge in [0.1, 0.15) is 5.75 Å². The Labute approximate surface area is 164 Å². The zero-order chi connectivity index (χ0) is 21.3. The van der Waals surface area contributed by atoms with Crippen LogP contribution in [-0.4, -0.2) is 64.3 Å². The lowest BCUT2D eigenvalue weighted by Crippen LogP contribution is -2.62.